The average Bonchev–Trinajstić information content (AvgIpc) is 3.23. The first kappa shape index (κ1) is 39.6. The van der Waals surface area contributed by atoms with Gasteiger partial charge in [-0.05, 0) is 84.8 Å². The van der Waals surface area contributed by atoms with Gasteiger partial charge in [0.2, 0.25) is 15.9 Å². The summed E-state index contributed by atoms with van der Waals surface area (Å²) in [5.41, 5.74) is 7.46. The topological polar surface area (TPSA) is 117 Å². The Morgan fingerprint density at radius 3 is 2.18 bits per heavy atom. The number of sulfonamides is 1. The molecule has 2 aliphatic heterocycles. The molecule has 10 heteroatoms. The van der Waals surface area contributed by atoms with Crippen LogP contribution in [0.25, 0.3) is 11.1 Å². The highest BCUT2D eigenvalue weighted by Crippen LogP contribution is 2.39. The molecular weight excluding hydrogens is 723 g/mol. The van der Waals surface area contributed by atoms with E-state index < -0.39 is 28.3 Å². The summed E-state index contributed by atoms with van der Waals surface area (Å²) in [5, 5.41) is 12.6. The average molecular weight is 774 g/mol. The van der Waals surface area contributed by atoms with Gasteiger partial charge in [0, 0.05) is 25.1 Å². The summed E-state index contributed by atoms with van der Waals surface area (Å²) in [6, 6.07) is 39.0. The molecule has 5 aromatic carbocycles. The van der Waals surface area contributed by atoms with Crippen molar-refractivity contribution in [1.82, 2.24) is 14.9 Å². The molecule has 3 N–H and O–H groups in total. The largest absolute Gasteiger partial charge is 0.392 e. The van der Waals surface area contributed by atoms with E-state index in [4.69, 9.17) is 9.47 Å². The third-order valence-electron chi connectivity index (χ3n) is 10.7. The first-order valence-electron chi connectivity index (χ1n) is 19.6. The fraction of sp³-hybridized carbons (Fsp3) is 0.326. The van der Waals surface area contributed by atoms with E-state index in [9.17, 15) is 18.3 Å². The van der Waals surface area contributed by atoms with Crippen LogP contribution in [-0.2, 0) is 43.9 Å². The van der Waals surface area contributed by atoms with E-state index in [0.29, 0.717) is 0 Å². The zero-order valence-electron chi connectivity index (χ0n) is 31.8. The Labute approximate surface area is 330 Å². The Morgan fingerprint density at radius 1 is 0.786 bits per heavy atom. The number of hydrogen-bond donors (Lipinski definition) is 3. The van der Waals surface area contributed by atoms with Gasteiger partial charge in [0.05, 0.1) is 23.7 Å². The minimum absolute atomic E-state index is 0.00180. The molecular formula is C46H51N3O6S. The van der Waals surface area contributed by atoms with Crippen LogP contribution in [0.1, 0.15) is 71.5 Å². The van der Waals surface area contributed by atoms with Crippen molar-refractivity contribution < 1.29 is 27.8 Å². The lowest BCUT2D eigenvalue weighted by atomic mass is 9.97. The molecule has 7 rings (SSSR count). The molecule has 2 aliphatic rings. The molecule has 2 heterocycles. The number of hydrogen-bond acceptors (Lipinski definition) is 7. The molecule has 2 fully saturated rings. The maximum Gasteiger partial charge on any atom is 0.241 e. The number of piperidine rings is 1. The van der Waals surface area contributed by atoms with Gasteiger partial charge in [-0.2, -0.15) is 4.72 Å². The van der Waals surface area contributed by atoms with Gasteiger partial charge in [-0.25, -0.2) is 8.42 Å². The van der Waals surface area contributed by atoms with E-state index in [0.717, 1.165) is 70.6 Å². The summed E-state index contributed by atoms with van der Waals surface area (Å²) in [5.74, 6) is -0.416. The number of nitrogens with one attached hydrogen (secondary N) is 2. The smallest absolute Gasteiger partial charge is 0.241 e. The Bertz CT molecular complexity index is 2140. The second kappa shape index (κ2) is 18.5. The van der Waals surface area contributed by atoms with Crippen molar-refractivity contribution in [3.05, 3.63) is 161 Å². The van der Waals surface area contributed by atoms with Gasteiger partial charge in [0.15, 0.2) is 6.29 Å². The summed E-state index contributed by atoms with van der Waals surface area (Å²) < 4.78 is 42.7. The molecule has 4 unspecified atom stereocenters. The first-order chi connectivity index (χ1) is 27.2. The van der Waals surface area contributed by atoms with E-state index in [1.165, 1.54) is 19.3 Å². The minimum Gasteiger partial charge on any atom is -0.392 e. The van der Waals surface area contributed by atoms with Gasteiger partial charge in [0.1, 0.15) is 6.04 Å². The number of carbonyl (C=O) groups is 1. The Kier molecular flexibility index (Phi) is 13.1. The second-order valence-corrected chi connectivity index (χ2v) is 16.6. The van der Waals surface area contributed by atoms with Crippen molar-refractivity contribution in [3.8, 4) is 11.1 Å². The number of amides is 1. The van der Waals surface area contributed by atoms with E-state index in [2.05, 4.69) is 27.1 Å². The SMILES string of the molecule is Cc1ccc(S(=O)(=O)NC(Cc2ccccc2)C(=O)NCc2ccccc2-c2ccc(C3OC(CN4CCCCC4)CC(c4ccc(CO)cc4)O3)cc2)cc1. The number of ether oxygens (including phenoxy) is 2. The van der Waals surface area contributed by atoms with Crippen molar-refractivity contribution in [1.29, 1.82) is 0 Å². The van der Waals surface area contributed by atoms with Crippen LogP contribution in [-0.4, -0.2) is 56.1 Å². The highest BCUT2D eigenvalue weighted by Gasteiger charge is 2.33. The van der Waals surface area contributed by atoms with Crippen LogP contribution in [0.15, 0.2) is 132 Å². The molecule has 4 atom stereocenters. The van der Waals surface area contributed by atoms with E-state index in [1.807, 2.05) is 97.9 Å². The summed E-state index contributed by atoms with van der Waals surface area (Å²) in [6.07, 6.45) is 3.97. The van der Waals surface area contributed by atoms with Crippen LogP contribution in [0.5, 0.6) is 0 Å². The van der Waals surface area contributed by atoms with Gasteiger partial charge in [-0.15, -0.1) is 0 Å². The second-order valence-electron chi connectivity index (χ2n) is 14.9. The van der Waals surface area contributed by atoms with E-state index >= 15 is 0 Å². The van der Waals surface area contributed by atoms with Crippen molar-refractivity contribution >= 4 is 15.9 Å². The highest BCUT2D eigenvalue weighted by atomic mass is 32.2. The lowest BCUT2D eigenvalue weighted by molar-refractivity contribution is -0.253. The third kappa shape index (κ3) is 10.2. The van der Waals surface area contributed by atoms with Crippen LogP contribution >= 0.6 is 0 Å². The molecule has 292 valence electrons. The Morgan fingerprint density at radius 2 is 1.46 bits per heavy atom. The van der Waals surface area contributed by atoms with Gasteiger partial charge < -0.3 is 24.8 Å². The summed E-state index contributed by atoms with van der Waals surface area (Å²) >= 11 is 0. The molecule has 0 aliphatic carbocycles. The number of aliphatic hydroxyl groups excluding tert-OH is 1. The monoisotopic (exact) mass is 773 g/mol. The Hall–Kier alpha value is -4.68. The molecule has 0 spiro atoms. The minimum atomic E-state index is -3.97. The molecule has 0 radical (unpaired) electrons. The fourth-order valence-corrected chi connectivity index (χ4v) is 8.75. The normalized spacial score (nSPS) is 19.6. The van der Waals surface area contributed by atoms with Crippen LogP contribution < -0.4 is 10.0 Å². The third-order valence-corrected chi connectivity index (χ3v) is 12.2. The predicted molar refractivity (Wildman–Crippen MR) is 218 cm³/mol. The maximum absolute atomic E-state index is 13.8. The van der Waals surface area contributed by atoms with Gasteiger partial charge in [-0.1, -0.05) is 127 Å². The number of aliphatic hydroxyl groups is 1. The summed E-state index contributed by atoms with van der Waals surface area (Å²) in [6.45, 7) is 5.14. The fourth-order valence-electron chi connectivity index (χ4n) is 7.55. The number of aryl methyl sites for hydroxylation is 1. The molecule has 56 heavy (non-hydrogen) atoms. The zero-order chi connectivity index (χ0) is 38.9. The van der Waals surface area contributed by atoms with Crippen molar-refractivity contribution in [2.75, 3.05) is 19.6 Å². The molecule has 0 aromatic heterocycles. The lowest BCUT2D eigenvalue weighted by Crippen LogP contribution is -2.47. The number of benzene rings is 5. The van der Waals surface area contributed by atoms with Gasteiger partial charge in [0.25, 0.3) is 0 Å². The summed E-state index contributed by atoms with van der Waals surface area (Å²) in [4.78, 5) is 16.4. The molecule has 9 nitrogen and oxygen atoms in total. The molecule has 5 aromatic rings. The molecule has 0 bridgehead atoms. The maximum atomic E-state index is 13.8. The number of rotatable bonds is 14. The van der Waals surface area contributed by atoms with Crippen molar-refractivity contribution in [2.45, 2.75) is 81.6 Å². The molecule has 0 saturated carbocycles. The van der Waals surface area contributed by atoms with Crippen LogP contribution in [0.4, 0.5) is 0 Å². The van der Waals surface area contributed by atoms with Crippen LogP contribution in [0, 0.1) is 6.92 Å². The summed E-state index contributed by atoms with van der Waals surface area (Å²) in [7, 11) is -3.97. The lowest BCUT2D eigenvalue weighted by Gasteiger charge is -2.39. The first-order valence-corrected chi connectivity index (χ1v) is 21.0. The van der Waals surface area contributed by atoms with Gasteiger partial charge in [-0.3, -0.25) is 4.79 Å². The predicted octanol–water partition coefficient (Wildman–Crippen LogP) is 7.39. The standard InChI is InChI=1S/C46H51N3O6S/c1-33-14-24-41(25-15-33)56(52,53)48-43(28-34-10-4-2-5-11-34)45(51)47-30-39-12-6-7-13-42(39)36-20-22-38(23-21-36)46-54-40(31-49-26-8-3-9-27-49)29-44(55-46)37-18-16-35(32-50)17-19-37/h2,4-7,10-25,40,43-44,46,48,50H,3,8-9,26-32H2,1H3,(H,47,51). The van der Waals surface area contributed by atoms with Crippen LogP contribution in [0.2, 0.25) is 0 Å². The van der Waals surface area contributed by atoms with Crippen LogP contribution in [0.3, 0.4) is 0 Å². The van der Waals surface area contributed by atoms with Crippen molar-refractivity contribution in [2.24, 2.45) is 0 Å². The highest BCUT2D eigenvalue weighted by molar-refractivity contribution is 7.89. The number of likely N-dealkylation sites (tertiary alicyclic amines) is 1. The molecule has 2 saturated heterocycles. The number of nitrogens with zero attached hydrogens (tertiary/aromatic N) is 1. The quantitative estimate of drug-likeness (QED) is 0.108. The number of carbonyl (C=O) groups excluding carboxylic acids is 1. The Balaban J connectivity index is 1.06. The van der Waals surface area contributed by atoms with E-state index in [-0.39, 0.29) is 36.7 Å². The van der Waals surface area contributed by atoms with E-state index in [1.54, 1.807) is 24.3 Å². The molecule has 1 amide bonds. The van der Waals surface area contributed by atoms with Crippen molar-refractivity contribution in [3.63, 3.8) is 0 Å². The zero-order valence-corrected chi connectivity index (χ0v) is 32.7. The van der Waals surface area contributed by atoms with Gasteiger partial charge >= 0.3 is 0 Å².